The molecule has 108 valence electrons. The largest absolute Gasteiger partial charge is 0.451 e. The highest BCUT2D eigenvalue weighted by atomic mass is 16.6. The number of benzene rings is 1. The molecule has 1 heterocycles. The van der Waals surface area contributed by atoms with Crippen molar-refractivity contribution in [2.45, 2.75) is 32.3 Å². The topological polar surface area (TPSA) is 29.5 Å². The number of nitrogens with zero attached hydrogens (tertiary/aromatic N) is 1. The third kappa shape index (κ3) is 3.48. The first kappa shape index (κ1) is 14.8. The van der Waals surface area contributed by atoms with Crippen molar-refractivity contribution in [3.63, 3.8) is 0 Å². The van der Waals surface area contributed by atoms with Crippen LogP contribution < -0.4 is 0 Å². The summed E-state index contributed by atoms with van der Waals surface area (Å²) in [5.74, 6) is -0.238. The zero-order valence-electron chi connectivity index (χ0n) is 12.6. The lowest BCUT2D eigenvalue weighted by Crippen LogP contribution is -2.43. The number of ether oxygens (including phenoxy) is 1. The standard InChI is InChI=1S/C17H23NO2/c1-14(2)13-16(19)20-17(9-11-18(3)12-10-17)15-7-5-4-6-8-15/h4-8,13H,9-12H2,1-3H3. The van der Waals surface area contributed by atoms with Crippen LogP contribution in [0.25, 0.3) is 0 Å². The van der Waals surface area contributed by atoms with E-state index in [1.54, 1.807) is 6.08 Å². The zero-order valence-corrected chi connectivity index (χ0v) is 12.6. The van der Waals surface area contributed by atoms with Crippen molar-refractivity contribution >= 4 is 5.97 Å². The average molecular weight is 273 g/mol. The van der Waals surface area contributed by atoms with Gasteiger partial charge >= 0.3 is 5.97 Å². The molecule has 0 N–H and O–H groups in total. The molecular weight excluding hydrogens is 250 g/mol. The summed E-state index contributed by atoms with van der Waals surface area (Å²) in [6.07, 6.45) is 3.26. The fraction of sp³-hybridized carbons (Fsp3) is 0.471. The van der Waals surface area contributed by atoms with Crippen molar-refractivity contribution in [2.24, 2.45) is 0 Å². The van der Waals surface area contributed by atoms with Crippen LogP contribution >= 0.6 is 0 Å². The number of hydrogen-bond acceptors (Lipinski definition) is 3. The lowest BCUT2D eigenvalue weighted by molar-refractivity contribution is -0.160. The number of piperidine rings is 1. The molecule has 1 aromatic rings. The molecule has 0 unspecified atom stereocenters. The second-order valence-corrected chi connectivity index (χ2v) is 5.81. The van der Waals surface area contributed by atoms with Gasteiger partial charge < -0.3 is 9.64 Å². The molecule has 2 rings (SSSR count). The second-order valence-electron chi connectivity index (χ2n) is 5.81. The van der Waals surface area contributed by atoms with Crippen molar-refractivity contribution in [3.8, 4) is 0 Å². The number of likely N-dealkylation sites (tertiary alicyclic amines) is 1. The van der Waals surface area contributed by atoms with Crippen LogP contribution in [0.15, 0.2) is 42.0 Å². The Kier molecular flexibility index (Phi) is 4.61. The predicted octanol–water partition coefficient (Wildman–Crippen LogP) is 3.12. The van der Waals surface area contributed by atoms with Crippen LogP contribution in [0.4, 0.5) is 0 Å². The number of rotatable bonds is 3. The van der Waals surface area contributed by atoms with E-state index in [1.165, 1.54) is 0 Å². The van der Waals surface area contributed by atoms with Gasteiger partial charge in [-0.25, -0.2) is 4.79 Å². The molecule has 1 aromatic carbocycles. The summed E-state index contributed by atoms with van der Waals surface area (Å²) >= 11 is 0. The molecule has 0 bridgehead atoms. The smallest absolute Gasteiger partial charge is 0.331 e. The van der Waals surface area contributed by atoms with Gasteiger partial charge in [-0.2, -0.15) is 0 Å². The van der Waals surface area contributed by atoms with E-state index in [9.17, 15) is 4.79 Å². The van der Waals surface area contributed by atoms with Crippen LogP contribution in [0.1, 0.15) is 32.3 Å². The van der Waals surface area contributed by atoms with E-state index >= 15 is 0 Å². The van der Waals surface area contributed by atoms with E-state index in [1.807, 2.05) is 32.0 Å². The third-order valence-corrected chi connectivity index (χ3v) is 3.80. The van der Waals surface area contributed by atoms with Crippen LogP contribution in [0.5, 0.6) is 0 Å². The highest BCUT2D eigenvalue weighted by Gasteiger charge is 2.38. The second kappa shape index (κ2) is 6.23. The molecule has 0 atom stereocenters. The molecule has 0 radical (unpaired) electrons. The van der Waals surface area contributed by atoms with Gasteiger partial charge in [-0.05, 0) is 26.5 Å². The van der Waals surface area contributed by atoms with Crippen molar-refractivity contribution in [2.75, 3.05) is 20.1 Å². The summed E-state index contributed by atoms with van der Waals surface area (Å²) in [7, 11) is 2.10. The van der Waals surface area contributed by atoms with Crippen LogP contribution in [-0.4, -0.2) is 31.0 Å². The van der Waals surface area contributed by atoms with Crippen molar-refractivity contribution in [3.05, 3.63) is 47.5 Å². The lowest BCUT2D eigenvalue weighted by atomic mass is 9.84. The van der Waals surface area contributed by atoms with Gasteiger partial charge in [0.25, 0.3) is 0 Å². The molecule has 1 saturated heterocycles. The minimum atomic E-state index is -0.475. The lowest BCUT2D eigenvalue weighted by Gasteiger charge is -2.40. The molecule has 1 aliphatic heterocycles. The predicted molar refractivity (Wildman–Crippen MR) is 80.4 cm³/mol. The molecule has 20 heavy (non-hydrogen) atoms. The average Bonchev–Trinajstić information content (AvgIpc) is 2.42. The summed E-state index contributed by atoms with van der Waals surface area (Å²) in [4.78, 5) is 14.3. The first-order valence-corrected chi connectivity index (χ1v) is 7.14. The normalized spacial score (nSPS) is 18.4. The number of allylic oxidation sites excluding steroid dienone is 1. The molecule has 0 amide bonds. The molecule has 1 aliphatic rings. The maximum absolute atomic E-state index is 12.1. The molecule has 3 heteroatoms. The molecule has 1 fully saturated rings. The van der Waals surface area contributed by atoms with Gasteiger partial charge in [0.15, 0.2) is 0 Å². The fourth-order valence-electron chi connectivity index (χ4n) is 2.63. The summed E-state index contributed by atoms with van der Waals surface area (Å²) in [5.41, 5.74) is 1.59. The Balaban J connectivity index is 2.26. The van der Waals surface area contributed by atoms with Gasteiger partial charge in [-0.15, -0.1) is 0 Å². The zero-order chi connectivity index (χ0) is 14.6. The van der Waals surface area contributed by atoms with E-state index in [0.29, 0.717) is 0 Å². The SMILES string of the molecule is CC(C)=CC(=O)OC1(c2ccccc2)CCN(C)CC1. The minimum absolute atomic E-state index is 0.238. The van der Waals surface area contributed by atoms with Crippen LogP contribution in [0.3, 0.4) is 0 Å². The third-order valence-electron chi connectivity index (χ3n) is 3.80. The molecule has 0 saturated carbocycles. The van der Waals surface area contributed by atoms with E-state index < -0.39 is 5.60 Å². The Morgan fingerprint density at radius 3 is 2.35 bits per heavy atom. The maximum Gasteiger partial charge on any atom is 0.331 e. The van der Waals surface area contributed by atoms with E-state index in [0.717, 1.165) is 37.1 Å². The Labute approximate surface area is 121 Å². The fourth-order valence-corrected chi connectivity index (χ4v) is 2.63. The monoisotopic (exact) mass is 273 g/mol. The highest BCUT2D eigenvalue weighted by Crippen LogP contribution is 2.36. The van der Waals surface area contributed by atoms with Gasteiger partial charge in [0, 0.05) is 32.0 Å². The highest BCUT2D eigenvalue weighted by molar-refractivity contribution is 5.83. The summed E-state index contributed by atoms with van der Waals surface area (Å²) < 4.78 is 5.88. The number of hydrogen-bond donors (Lipinski definition) is 0. The van der Waals surface area contributed by atoms with Gasteiger partial charge in [0.1, 0.15) is 5.60 Å². The van der Waals surface area contributed by atoms with Crippen LogP contribution in [-0.2, 0) is 15.1 Å². The van der Waals surface area contributed by atoms with Crippen molar-refractivity contribution in [1.82, 2.24) is 4.90 Å². The van der Waals surface area contributed by atoms with Gasteiger partial charge in [-0.3, -0.25) is 0 Å². The van der Waals surface area contributed by atoms with Gasteiger partial charge in [0.05, 0.1) is 0 Å². The van der Waals surface area contributed by atoms with E-state index in [2.05, 4.69) is 24.1 Å². The first-order valence-electron chi connectivity index (χ1n) is 7.14. The molecule has 0 aliphatic carbocycles. The van der Waals surface area contributed by atoms with Crippen molar-refractivity contribution < 1.29 is 9.53 Å². The summed E-state index contributed by atoms with van der Waals surface area (Å²) in [5, 5.41) is 0. The Morgan fingerprint density at radius 1 is 1.20 bits per heavy atom. The van der Waals surface area contributed by atoms with Crippen molar-refractivity contribution in [1.29, 1.82) is 0 Å². The Hall–Kier alpha value is -1.61. The first-order chi connectivity index (χ1) is 9.52. The molecule has 3 nitrogen and oxygen atoms in total. The Morgan fingerprint density at radius 2 is 1.80 bits per heavy atom. The van der Waals surface area contributed by atoms with Gasteiger partial charge in [-0.1, -0.05) is 35.9 Å². The number of carbonyl (C=O) groups is 1. The molecular formula is C17H23NO2. The van der Waals surface area contributed by atoms with E-state index in [4.69, 9.17) is 4.74 Å². The minimum Gasteiger partial charge on any atom is -0.451 e. The Bertz CT molecular complexity index is 481. The molecule has 0 spiro atoms. The van der Waals surface area contributed by atoms with Gasteiger partial charge in [0.2, 0.25) is 0 Å². The number of esters is 1. The van der Waals surface area contributed by atoms with Crippen LogP contribution in [0, 0.1) is 0 Å². The molecule has 0 aromatic heterocycles. The van der Waals surface area contributed by atoms with Crippen LogP contribution in [0.2, 0.25) is 0 Å². The quantitative estimate of drug-likeness (QED) is 0.626. The summed E-state index contributed by atoms with van der Waals surface area (Å²) in [6.45, 7) is 5.70. The van der Waals surface area contributed by atoms with E-state index in [-0.39, 0.29) is 5.97 Å². The summed E-state index contributed by atoms with van der Waals surface area (Å²) in [6, 6.07) is 10.1. The number of carbonyl (C=O) groups excluding carboxylic acids is 1. The maximum atomic E-state index is 12.1.